The molecule has 2 aromatic carbocycles. The van der Waals surface area contributed by atoms with Crippen molar-refractivity contribution in [3.63, 3.8) is 0 Å². The summed E-state index contributed by atoms with van der Waals surface area (Å²) < 4.78 is 18.7. The van der Waals surface area contributed by atoms with Crippen molar-refractivity contribution in [3.8, 4) is 5.88 Å². The van der Waals surface area contributed by atoms with Crippen LogP contribution < -0.4 is 10.1 Å². The van der Waals surface area contributed by atoms with Crippen LogP contribution in [0.5, 0.6) is 5.88 Å². The molecule has 0 aliphatic rings. The molecule has 0 fully saturated rings. The van der Waals surface area contributed by atoms with Crippen LogP contribution in [0, 0.1) is 19.7 Å². The van der Waals surface area contributed by atoms with Gasteiger partial charge in [-0.05, 0) is 68.7 Å². The lowest BCUT2D eigenvalue weighted by Gasteiger charge is -2.14. The maximum Gasteiger partial charge on any atom is 0.275 e. The van der Waals surface area contributed by atoms with Crippen LogP contribution in [-0.2, 0) is 6.54 Å². The first-order valence-electron chi connectivity index (χ1n) is 8.82. The monoisotopic (exact) mass is 367 g/mol. The molecule has 6 heteroatoms. The van der Waals surface area contributed by atoms with Gasteiger partial charge in [-0.2, -0.15) is 0 Å². The van der Waals surface area contributed by atoms with Gasteiger partial charge in [0.2, 0.25) is 5.88 Å². The lowest BCUT2D eigenvalue weighted by atomic mass is 10.1. The zero-order chi connectivity index (χ0) is 19.6. The van der Waals surface area contributed by atoms with Crippen LogP contribution in [0.3, 0.4) is 0 Å². The Kier molecular flexibility index (Phi) is 5.35. The molecule has 0 spiro atoms. The van der Waals surface area contributed by atoms with E-state index in [9.17, 15) is 9.18 Å². The Hall–Kier alpha value is -3.02. The highest BCUT2D eigenvalue weighted by Crippen LogP contribution is 2.23. The minimum atomic E-state index is -0.386. The minimum absolute atomic E-state index is 0.140. The number of aromatic nitrogens is 2. The summed E-state index contributed by atoms with van der Waals surface area (Å²) in [6, 6.07) is 9.81. The molecule has 27 heavy (non-hydrogen) atoms. The maximum absolute atomic E-state index is 13.0. The zero-order valence-corrected chi connectivity index (χ0v) is 15.8. The van der Waals surface area contributed by atoms with E-state index in [1.54, 1.807) is 12.1 Å². The third kappa shape index (κ3) is 4.39. The van der Waals surface area contributed by atoms with E-state index in [1.165, 1.54) is 12.1 Å². The predicted molar refractivity (Wildman–Crippen MR) is 102 cm³/mol. The summed E-state index contributed by atoms with van der Waals surface area (Å²) in [6.07, 6.45) is -0.146. The second-order valence-electron chi connectivity index (χ2n) is 6.78. The first-order valence-corrected chi connectivity index (χ1v) is 8.82. The molecular weight excluding hydrogens is 345 g/mol. The molecule has 5 nitrogen and oxygen atoms in total. The number of carbonyl (C=O) groups is 1. The Bertz CT molecular complexity index is 985. The molecule has 0 radical (unpaired) electrons. The number of halogens is 1. The Morgan fingerprint density at radius 1 is 1.07 bits per heavy atom. The van der Waals surface area contributed by atoms with Crippen LogP contribution >= 0.6 is 0 Å². The minimum Gasteiger partial charge on any atom is -0.473 e. The van der Waals surface area contributed by atoms with E-state index >= 15 is 0 Å². The second-order valence-corrected chi connectivity index (χ2v) is 6.78. The molecule has 3 aromatic rings. The summed E-state index contributed by atoms with van der Waals surface area (Å²) in [7, 11) is 0. The van der Waals surface area contributed by atoms with Gasteiger partial charge >= 0.3 is 0 Å². The van der Waals surface area contributed by atoms with Crippen LogP contribution in [0.15, 0.2) is 36.4 Å². The zero-order valence-electron chi connectivity index (χ0n) is 15.8. The van der Waals surface area contributed by atoms with Crippen LogP contribution in [0.25, 0.3) is 11.0 Å². The fourth-order valence-electron chi connectivity index (χ4n) is 2.62. The summed E-state index contributed by atoms with van der Waals surface area (Å²) in [4.78, 5) is 21.7. The summed E-state index contributed by atoms with van der Waals surface area (Å²) >= 11 is 0. The third-order valence-electron chi connectivity index (χ3n) is 4.18. The molecule has 0 saturated carbocycles. The molecule has 0 aliphatic carbocycles. The number of amides is 1. The van der Waals surface area contributed by atoms with Crippen molar-refractivity contribution in [3.05, 3.63) is 64.6 Å². The first kappa shape index (κ1) is 18.8. The molecule has 140 valence electrons. The Morgan fingerprint density at radius 2 is 1.67 bits per heavy atom. The number of aryl methyl sites for hydroxylation is 2. The summed E-state index contributed by atoms with van der Waals surface area (Å²) in [6.45, 7) is 7.98. The Morgan fingerprint density at radius 3 is 2.26 bits per heavy atom. The molecular formula is C21H22FN3O2. The first-order chi connectivity index (χ1) is 12.8. The number of hydrogen-bond donors (Lipinski definition) is 1. The summed E-state index contributed by atoms with van der Waals surface area (Å²) in [5, 5.41) is 2.80. The van der Waals surface area contributed by atoms with Crippen molar-refractivity contribution in [1.82, 2.24) is 15.3 Å². The number of benzene rings is 2. The van der Waals surface area contributed by atoms with Crippen molar-refractivity contribution in [2.24, 2.45) is 0 Å². The highest BCUT2D eigenvalue weighted by atomic mass is 19.1. The highest BCUT2D eigenvalue weighted by Gasteiger charge is 2.19. The van der Waals surface area contributed by atoms with Crippen molar-refractivity contribution >= 4 is 16.9 Å². The van der Waals surface area contributed by atoms with Gasteiger partial charge in [0.1, 0.15) is 5.82 Å². The molecule has 1 heterocycles. The van der Waals surface area contributed by atoms with Crippen LogP contribution in [0.1, 0.15) is 41.0 Å². The van der Waals surface area contributed by atoms with E-state index in [4.69, 9.17) is 4.74 Å². The standard InChI is InChI=1S/C21H22FN3O2/c1-12(2)27-21-19(20(26)23-11-15-5-7-16(22)8-6-15)24-17-9-13(3)14(4)10-18(17)25-21/h5-10,12H,11H2,1-4H3,(H,23,26). The molecule has 0 atom stereocenters. The van der Waals surface area contributed by atoms with Gasteiger partial charge in [-0.15, -0.1) is 0 Å². The molecule has 0 bridgehead atoms. The molecule has 1 aromatic heterocycles. The van der Waals surface area contributed by atoms with Gasteiger partial charge in [0, 0.05) is 6.54 Å². The molecule has 1 amide bonds. The van der Waals surface area contributed by atoms with Crippen molar-refractivity contribution < 1.29 is 13.9 Å². The van der Waals surface area contributed by atoms with E-state index in [0.717, 1.165) is 16.7 Å². The largest absolute Gasteiger partial charge is 0.473 e. The van der Waals surface area contributed by atoms with E-state index in [2.05, 4.69) is 15.3 Å². The van der Waals surface area contributed by atoms with Crippen LogP contribution in [-0.4, -0.2) is 22.0 Å². The number of nitrogens with zero attached hydrogens (tertiary/aromatic N) is 2. The quantitative estimate of drug-likeness (QED) is 0.737. The number of ether oxygens (including phenoxy) is 1. The fraction of sp³-hybridized carbons (Fsp3) is 0.286. The highest BCUT2D eigenvalue weighted by molar-refractivity contribution is 5.96. The van der Waals surface area contributed by atoms with Gasteiger partial charge < -0.3 is 10.1 Å². The number of carbonyl (C=O) groups excluding carboxylic acids is 1. The van der Waals surface area contributed by atoms with Gasteiger partial charge in [-0.1, -0.05) is 12.1 Å². The molecule has 0 aliphatic heterocycles. The summed E-state index contributed by atoms with van der Waals surface area (Å²) in [5.74, 6) is -0.497. The van der Waals surface area contributed by atoms with Crippen LogP contribution in [0.4, 0.5) is 4.39 Å². The van der Waals surface area contributed by atoms with Crippen LogP contribution in [0.2, 0.25) is 0 Å². The lowest BCUT2D eigenvalue weighted by Crippen LogP contribution is -2.25. The Labute approximate surface area is 157 Å². The average Bonchev–Trinajstić information content (AvgIpc) is 2.61. The Balaban J connectivity index is 1.93. The summed E-state index contributed by atoms with van der Waals surface area (Å²) in [5.41, 5.74) is 4.43. The lowest BCUT2D eigenvalue weighted by molar-refractivity contribution is 0.0938. The third-order valence-corrected chi connectivity index (χ3v) is 4.18. The molecule has 0 unspecified atom stereocenters. The number of rotatable bonds is 5. The average molecular weight is 367 g/mol. The predicted octanol–water partition coefficient (Wildman–Crippen LogP) is 4.10. The van der Waals surface area contributed by atoms with Gasteiger partial charge in [-0.3, -0.25) is 4.79 Å². The van der Waals surface area contributed by atoms with Crippen molar-refractivity contribution in [2.45, 2.75) is 40.3 Å². The van der Waals surface area contributed by atoms with E-state index in [0.29, 0.717) is 11.0 Å². The van der Waals surface area contributed by atoms with E-state index < -0.39 is 0 Å². The molecule has 1 N–H and O–H groups in total. The van der Waals surface area contributed by atoms with Crippen molar-refractivity contribution in [2.75, 3.05) is 0 Å². The van der Waals surface area contributed by atoms with E-state index in [-0.39, 0.29) is 35.9 Å². The van der Waals surface area contributed by atoms with Gasteiger partial charge in [-0.25, -0.2) is 14.4 Å². The molecule has 3 rings (SSSR count). The van der Waals surface area contributed by atoms with Crippen molar-refractivity contribution in [1.29, 1.82) is 0 Å². The second kappa shape index (κ2) is 7.70. The van der Waals surface area contributed by atoms with Gasteiger partial charge in [0.25, 0.3) is 5.91 Å². The molecule has 0 saturated heterocycles. The normalized spacial score (nSPS) is 11.0. The number of nitrogens with one attached hydrogen (secondary N) is 1. The van der Waals surface area contributed by atoms with Gasteiger partial charge in [0.15, 0.2) is 5.69 Å². The number of hydrogen-bond acceptors (Lipinski definition) is 4. The topological polar surface area (TPSA) is 64.1 Å². The SMILES string of the molecule is Cc1cc2nc(OC(C)C)c(C(=O)NCc3ccc(F)cc3)nc2cc1C. The fourth-order valence-corrected chi connectivity index (χ4v) is 2.62. The number of fused-ring (bicyclic) bond motifs is 1. The maximum atomic E-state index is 13.0. The van der Waals surface area contributed by atoms with E-state index in [1.807, 2.05) is 39.8 Å². The van der Waals surface area contributed by atoms with Gasteiger partial charge in [0.05, 0.1) is 17.1 Å². The smallest absolute Gasteiger partial charge is 0.275 e.